The van der Waals surface area contributed by atoms with Crippen LogP contribution in [0.25, 0.3) is 6.08 Å². The van der Waals surface area contributed by atoms with Gasteiger partial charge in [-0.2, -0.15) is 5.26 Å². The summed E-state index contributed by atoms with van der Waals surface area (Å²) in [4.78, 5) is 25.3. The molecule has 0 bridgehead atoms. The first-order chi connectivity index (χ1) is 16.0. The first kappa shape index (κ1) is 22.4. The van der Waals surface area contributed by atoms with Gasteiger partial charge in [-0.1, -0.05) is 36.4 Å². The van der Waals surface area contributed by atoms with E-state index in [4.69, 9.17) is 9.47 Å². The van der Waals surface area contributed by atoms with Gasteiger partial charge in [0.05, 0.1) is 28.0 Å². The molecule has 164 valence electrons. The summed E-state index contributed by atoms with van der Waals surface area (Å²) in [6.07, 6.45) is 1.53. The summed E-state index contributed by atoms with van der Waals surface area (Å²) in [5, 5.41) is 10.5. The number of nitriles is 1. The molecule has 4 rings (SSSR count). The van der Waals surface area contributed by atoms with E-state index in [9.17, 15) is 14.9 Å². The highest BCUT2D eigenvalue weighted by molar-refractivity contribution is 14.1. The molecule has 1 saturated heterocycles. The third-order valence-corrected chi connectivity index (χ3v) is 5.78. The fourth-order valence-corrected chi connectivity index (χ4v) is 4.13. The summed E-state index contributed by atoms with van der Waals surface area (Å²) < 4.78 is 12.2. The Bertz CT molecular complexity index is 1300. The highest BCUT2D eigenvalue weighted by atomic mass is 127. The van der Waals surface area contributed by atoms with E-state index in [-0.39, 0.29) is 12.2 Å². The summed E-state index contributed by atoms with van der Waals surface area (Å²) in [7, 11) is 1.52. The maximum absolute atomic E-state index is 12.8. The number of carbonyl (C=O) groups is 2. The standard InChI is InChI=1S/C25H18IN3O4/c1-32-22-13-16(11-20-24(30)28-29(25(20)31)19-9-3-2-4-10-19)12-21(26)23(22)33-15-18-8-6-5-7-17(18)14-27/h2-13H,15H2,1H3,(H,28,30)/b20-11+. The zero-order valence-electron chi connectivity index (χ0n) is 17.5. The van der Waals surface area contributed by atoms with Crippen LogP contribution in [0.1, 0.15) is 16.7 Å². The molecule has 0 aromatic heterocycles. The molecule has 0 unspecified atom stereocenters. The second-order valence-electron chi connectivity index (χ2n) is 7.07. The van der Waals surface area contributed by atoms with Gasteiger partial charge < -0.3 is 9.47 Å². The lowest BCUT2D eigenvalue weighted by molar-refractivity contribution is -0.117. The normalized spacial score (nSPS) is 14.2. The number of nitrogens with zero attached hydrogens (tertiary/aromatic N) is 2. The van der Waals surface area contributed by atoms with E-state index in [0.717, 1.165) is 9.13 Å². The van der Waals surface area contributed by atoms with Gasteiger partial charge in [-0.15, -0.1) is 0 Å². The molecule has 1 N–H and O–H groups in total. The Morgan fingerprint density at radius 3 is 2.55 bits per heavy atom. The first-order valence-corrected chi connectivity index (χ1v) is 11.0. The molecule has 2 amide bonds. The Kier molecular flexibility index (Phi) is 6.60. The molecule has 0 aliphatic carbocycles. The third-order valence-electron chi connectivity index (χ3n) is 4.98. The fraction of sp³-hybridized carbons (Fsp3) is 0.0800. The van der Waals surface area contributed by atoms with Crippen molar-refractivity contribution in [1.29, 1.82) is 5.26 Å². The van der Waals surface area contributed by atoms with Crippen molar-refractivity contribution in [3.8, 4) is 17.6 Å². The van der Waals surface area contributed by atoms with Crippen molar-refractivity contribution in [2.24, 2.45) is 0 Å². The van der Waals surface area contributed by atoms with Crippen molar-refractivity contribution in [1.82, 2.24) is 5.43 Å². The number of benzene rings is 3. The molecule has 0 spiro atoms. The van der Waals surface area contributed by atoms with Crippen LogP contribution in [0.5, 0.6) is 11.5 Å². The van der Waals surface area contributed by atoms with Gasteiger partial charge in [-0.25, -0.2) is 5.01 Å². The van der Waals surface area contributed by atoms with Crippen molar-refractivity contribution >= 4 is 46.2 Å². The van der Waals surface area contributed by atoms with Gasteiger partial charge in [0.25, 0.3) is 11.8 Å². The summed E-state index contributed by atoms with van der Waals surface area (Å²) in [6, 6.07) is 21.8. The Labute approximate surface area is 204 Å². The van der Waals surface area contributed by atoms with Crippen LogP contribution in [-0.2, 0) is 16.2 Å². The molecular weight excluding hydrogens is 533 g/mol. The summed E-state index contributed by atoms with van der Waals surface area (Å²) in [6.45, 7) is 0.198. The number of ether oxygens (including phenoxy) is 2. The van der Waals surface area contributed by atoms with Crippen LogP contribution in [0.4, 0.5) is 5.69 Å². The smallest absolute Gasteiger partial charge is 0.282 e. The van der Waals surface area contributed by atoms with Crippen molar-refractivity contribution in [3.63, 3.8) is 0 Å². The van der Waals surface area contributed by atoms with Gasteiger partial charge in [-0.3, -0.25) is 15.0 Å². The molecule has 3 aromatic carbocycles. The van der Waals surface area contributed by atoms with Crippen LogP contribution in [-0.4, -0.2) is 18.9 Å². The molecule has 0 atom stereocenters. The van der Waals surface area contributed by atoms with E-state index in [1.165, 1.54) is 18.2 Å². The van der Waals surface area contributed by atoms with Crippen molar-refractivity contribution in [3.05, 3.63) is 92.6 Å². The third kappa shape index (κ3) is 4.68. The maximum atomic E-state index is 12.8. The number of para-hydroxylation sites is 1. The summed E-state index contributed by atoms with van der Waals surface area (Å²) in [5.74, 6) is 0.0509. The average Bonchev–Trinajstić information content (AvgIpc) is 3.12. The molecule has 8 heteroatoms. The number of hydrazine groups is 1. The Balaban J connectivity index is 1.60. The molecule has 1 aliphatic heterocycles. The summed E-state index contributed by atoms with van der Waals surface area (Å²) in [5.41, 5.74) is 5.11. The minimum Gasteiger partial charge on any atom is -0.493 e. The zero-order chi connectivity index (χ0) is 23.4. The molecule has 0 saturated carbocycles. The van der Waals surface area contributed by atoms with Crippen LogP contribution < -0.4 is 19.9 Å². The second-order valence-corrected chi connectivity index (χ2v) is 8.23. The Morgan fingerprint density at radius 2 is 1.82 bits per heavy atom. The zero-order valence-corrected chi connectivity index (χ0v) is 19.7. The van der Waals surface area contributed by atoms with Gasteiger partial charge in [0, 0.05) is 5.56 Å². The van der Waals surface area contributed by atoms with E-state index in [0.29, 0.717) is 28.3 Å². The molecule has 1 aliphatic rings. The first-order valence-electron chi connectivity index (χ1n) is 9.92. The monoisotopic (exact) mass is 551 g/mol. The van der Waals surface area contributed by atoms with Gasteiger partial charge in [-0.05, 0) is 64.6 Å². The molecule has 3 aromatic rings. The molecule has 1 fully saturated rings. The molecule has 0 radical (unpaired) electrons. The molecular formula is C25H18IN3O4. The lowest BCUT2D eigenvalue weighted by atomic mass is 10.1. The van der Waals surface area contributed by atoms with Crippen molar-refractivity contribution in [2.75, 3.05) is 12.1 Å². The number of carbonyl (C=O) groups excluding carboxylic acids is 2. The van der Waals surface area contributed by atoms with Gasteiger partial charge >= 0.3 is 0 Å². The number of rotatable bonds is 6. The highest BCUT2D eigenvalue weighted by Crippen LogP contribution is 2.35. The van der Waals surface area contributed by atoms with Crippen LogP contribution in [0, 0.1) is 14.9 Å². The SMILES string of the molecule is COc1cc(/C=C2\C(=O)NN(c3ccccc3)C2=O)cc(I)c1OCc1ccccc1C#N. The number of anilines is 1. The van der Waals surface area contributed by atoms with E-state index < -0.39 is 11.8 Å². The minimum atomic E-state index is -0.480. The predicted molar refractivity (Wildman–Crippen MR) is 131 cm³/mol. The minimum absolute atomic E-state index is 0.0216. The number of halogens is 1. The molecule has 7 nitrogen and oxygen atoms in total. The summed E-state index contributed by atoms with van der Waals surface area (Å²) >= 11 is 2.11. The van der Waals surface area contributed by atoms with E-state index in [1.807, 2.05) is 18.2 Å². The van der Waals surface area contributed by atoms with E-state index in [2.05, 4.69) is 34.1 Å². The predicted octanol–water partition coefficient (Wildman–Crippen LogP) is 4.21. The lowest BCUT2D eigenvalue weighted by Crippen LogP contribution is -2.35. The number of amides is 2. The van der Waals surface area contributed by atoms with Crippen molar-refractivity contribution < 1.29 is 19.1 Å². The number of hydrogen-bond donors (Lipinski definition) is 1. The topological polar surface area (TPSA) is 91.7 Å². The molecule has 33 heavy (non-hydrogen) atoms. The maximum Gasteiger partial charge on any atom is 0.282 e. The van der Waals surface area contributed by atoms with Gasteiger partial charge in [0.2, 0.25) is 0 Å². The van der Waals surface area contributed by atoms with Crippen LogP contribution in [0.15, 0.2) is 72.3 Å². The van der Waals surface area contributed by atoms with E-state index in [1.54, 1.807) is 48.5 Å². The van der Waals surface area contributed by atoms with E-state index >= 15 is 0 Å². The Morgan fingerprint density at radius 1 is 1.09 bits per heavy atom. The number of methoxy groups -OCH3 is 1. The van der Waals surface area contributed by atoms with Crippen LogP contribution in [0.2, 0.25) is 0 Å². The second kappa shape index (κ2) is 9.75. The quantitative estimate of drug-likeness (QED) is 0.282. The van der Waals surface area contributed by atoms with Gasteiger partial charge in [0.15, 0.2) is 11.5 Å². The highest BCUT2D eigenvalue weighted by Gasteiger charge is 2.34. The number of nitrogens with one attached hydrogen (secondary N) is 1. The van der Waals surface area contributed by atoms with Crippen LogP contribution in [0.3, 0.4) is 0 Å². The number of hydrogen-bond acceptors (Lipinski definition) is 5. The van der Waals surface area contributed by atoms with Gasteiger partial charge in [0.1, 0.15) is 12.2 Å². The van der Waals surface area contributed by atoms with Crippen molar-refractivity contribution in [2.45, 2.75) is 6.61 Å². The average molecular weight is 551 g/mol. The fourth-order valence-electron chi connectivity index (χ4n) is 3.35. The molecule has 1 heterocycles. The Hall–Kier alpha value is -3.84. The largest absolute Gasteiger partial charge is 0.493 e. The van der Waals surface area contributed by atoms with Crippen LogP contribution >= 0.6 is 22.6 Å². The lowest BCUT2D eigenvalue weighted by Gasteiger charge is -2.14.